The van der Waals surface area contributed by atoms with E-state index in [1.54, 1.807) is 0 Å². The van der Waals surface area contributed by atoms with E-state index in [4.69, 9.17) is 14.2 Å². The first-order chi connectivity index (χ1) is 25.1. The van der Waals surface area contributed by atoms with Gasteiger partial charge in [-0.1, -0.05) is 162 Å². The van der Waals surface area contributed by atoms with Gasteiger partial charge in [-0.25, -0.2) is 0 Å². The number of benzene rings is 1. The number of carbonyl (C=O) groups excluding carboxylic acids is 1. The van der Waals surface area contributed by atoms with Gasteiger partial charge in [0.05, 0.1) is 13.2 Å². The molecule has 1 aromatic rings. The number of carbonyl (C=O) groups is 1. The Kier molecular flexibility index (Phi) is 29.2. The SMILES string of the molecule is CCCCCCCCCCCCCCCCOc1cc(COC(=O)CCCN2CCN(C)CC2)cc(OCCCCCCCCCCCCC)c1. The van der Waals surface area contributed by atoms with Crippen LogP contribution in [0.5, 0.6) is 11.5 Å². The van der Waals surface area contributed by atoms with Gasteiger partial charge in [-0.2, -0.15) is 0 Å². The Morgan fingerprint density at radius 1 is 0.529 bits per heavy atom. The lowest BCUT2D eigenvalue weighted by molar-refractivity contribution is -0.145. The minimum atomic E-state index is -0.124. The monoisotopic (exact) mass is 715 g/mol. The molecule has 1 heterocycles. The summed E-state index contributed by atoms with van der Waals surface area (Å²) < 4.78 is 18.2. The highest BCUT2D eigenvalue weighted by atomic mass is 16.5. The first-order valence-electron chi connectivity index (χ1n) is 22.1. The molecule has 0 aromatic heterocycles. The number of rotatable bonds is 35. The average Bonchev–Trinajstić information content (AvgIpc) is 3.13. The maximum Gasteiger partial charge on any atom is 0.306 e. The molecule has 1 aliphatic rings. The first kappa shape index (κ1) is 45.4. The Morgan fingerprint density at radius 3 is 1.33 bits per heavy atom. The van der Waals surface area contributed by atoms with Crippen LogP contribution in [0.3, 0.4) is 0 Å². The Labute approximate surface area is 316 Å². The molecule has 1 saturated heterocycles. The molecule has 51 heavy (non-hydrogen) atoms. The number of unbranched alkanes of at least 4 members (excludes halogenated alkanes) is 23. The van der Waals surface area contributed by atoms with Gasteiger partial charge >= 0.3 is 5.97 Å². The second kappa shape index (κ2) is 32.8. The fourth-order valence-corrected chi connectivity index (χ4v) is 7.08. The van der Waals surface area contributed by atoms with E-state index < -0.39 is 0 Å². The minimum absolute atomic E-state index is 0.124. The molecule has 0 N–H and O–H groups in total. The van der Waals surface area contributed by atoms with Gasteiger partial charge in [0.15, 0.2) is 0 Å². The number of likely N-dealkylation sites (N-methyl/N-ethyl adjacent to an activating group) is 1. The molecular formula is C45H82N2O4. The highest BCUT2D eigenvalue weighted by Gasteiger charge is 2.14. The van der Waals surface area contributed by atoms with E-state index in [2.05, 4.69) is 30.7 Å². The quantitative estimate of drug-likeness (QED) is 0.0515. The van der Waals surface area contributed by atoms with Crippen molar-refractivity contribution in [3.8, 4) is 11.5 Å². The Hall–Kier alpha value is -1.79. The molecule has 0 atom stereocenters. The number of ether oxygens (including phenoxy) is 3. The number of nitrogens with zero attached hydrogens (tertiary/aromatic N) is 2. The molecule has 0 unspecified atom stereocenters. The molecule has 6 heteroatoms. The molecule has 0 bridgehead atoms. The number of esters is 1. The Bertz CT molecular complexity index is 933. The lowest BCUT2D eigenvalue weighted by Crippen LogP contribution is -2.44. The third kappa shape index (κ3) is 26.6. The Balaban J connectivity index is 1.66. The van der Waals surface area contributed by atoms with Crippen molar-refractivity contribution in [3.05, 3.63) is 23.8 Å². The maximum atomic E-state index is 12.6. The molecule has 1 aromatic carbocycles. The van der Waals surface area contributed by atoms with Crippen LogP contribution in [0.25, 0.3) is 0 Å². The van der Waals surface area contributed by atoms with Gasteiger partial charge in [-0.15, -0.1) is 0 Å². The normalized spacial score (nSPS) is 13.9. The van der Waals surface area contributed by atoms with E-state index in [-0.39, 0.29) is 12.6 Å². The molecule has 0 radical (unpaired) electrons. The van der Waals surface area contributed by atoms with E-state index in [9.17, 15) is 4.79 Å². The lowest BCUT2D eigenvalue weighted by Gasteiger charge is -2.32. The van der Waals surface area contributed by atoms with E-state index in [1.807, 2.05) is 18.2 Å². The summed E-state index contributed by atoms with van der Waals surface area (Å²) in [5.41, 5.74) is 0.940. The van der Waals surface area contributed by atoms with Crippen molar-refractivity contribution in [2.45, 2.75) is 194 Å². The molecular weight excluding hydrogens is 633 g/mol. The van der Waals surface area contributed by atoms with Crippen molar-refractivity contribution >= 4 is 5.97 Å². The summed E-state index contributed by atoms with van der Waals surface area (Å²) in [5, 5.41) is 0. The molecule has 0 amide bonds. The molecule has 0 aliphatic carbocycles. The van der Waals surface area contributed by atoms with Gasteiger partial charge in [0.25, 0.3) is 0 Å². The second-order valence-corrected chi connectivity index (χ2v) is 15.6. The van der Waals surface area contributed by atoms with Crippen LogP contribution in [0.4, 0.5) is 0 Å². The first-order valence-corrected chi connectivity index (χ1v) is 22.1. The number of hydrogen-bond acceptors (Lipinski definition) is 6. The van der Waals surface area contributed by atoms with Crippen LogP contribution in [0.15, 0.2) is 18.2 Å². The van der Waals surface area contributed by atoms with Crippen molar-refractivity contribution in [2.75, 3.05) is 53.0 Å². The Morgan fingerprint density at radius 2 is 0.922 bits per heavy atom. The predicted molar refractivity (Wildman–Crippen MR) is 217 cm³/mol. The predicted octanol–water partition coefficient (Wildman–Crippen LogP) is 12.3. The summed E-state index contributed by atoms with van der Waals surface area (Å²) in [7, 11) is 2.17. The van der Waals surface area contributed by atoms with Crippen LogP contribution in [-0.2, 0) is 16.1 Å². The standard InChI is InChI=1S/C45H82N2O4/c1-4-6-8-10-12-14-16-17-18-20-22-24-26-28-37-50-44-39-42(41-51-45(48)30-29-31-47-34-32-46(3)33-35-47)38-43(40-44)49-36-27-25-23-21-19-15-13-11-9-7-5-2/h38-40H,4-37,41H2,1-3H3. The van der Waals surface area contributed by atoms with Gasteiger partial charge in [0.2, 0.25) is 0 Å². The summed E-state index contributed by atoms with van der Waals surface area (Å²) in [6.07, 6.45) is 34.8. The number of hydrogen-bond donors (Lipinski definition) is 0. The summed E-state index contributed by atoms with van der Waals surface area (Å²) in [4.78, 5) is 17.4. The van der Waals surface area contributed by atoms with Crippen LogP contribution < -0.4 is 9.47 Å². The highest BCUT2D eigenvalue weighted by molar-refractivity contribution is 5.69. The fraction of sp³-hybridized carbons (Fsp3) is 0.844. The van der Waals surface area contributed by atoms with Crippen LogP contribution in [-0.4, -0.2) is 68.8 Å². The zero-order valence-corrected chi connectivity index (χ0v) is 34.0. The number of piperazine rings is 1. The van der Waals surface area contributed by atoms with E-state index >= 15 is 0 Å². The highest BCUT2D eigenvalue weighted by Crippen LogP contribution is 2.25. The smallest absolute Gasteiger partial charge is 0.306 e. The molecule has 1 fully saturated rings. The molecule has 6 nitrogen and oxygen atoms in total. The van der Waals surface area contributed by atoms with Crippen molar-refractivity contribution in [2.24, 2.45) is 0 Å². The molecule has 0 spiro atoms. The van der Waals surface area contributed by atoms with Gasteiger partial charge in [0, 0.05) is 38.7 Å². The molecule has 0 saturated carbocycles. The fourth-order valence-electron chi connectivity index (χ4n) is 7.08. The zero-order valence-electron chi connectivity index (χ0n) is 34.0. The molecule has 296 valence electrons. The van der Waals surface area contributed by atoms with Crippen molar-refractivity contribution in [1.82, 2.24) is 9.80 Å². The lowest BCUT2D eigenvalue weighted by atomic mass is 10.0. The van der Waals surface area contributed by atoms with E-state index in [1.165, 1.54) is 148 Å². The minimum Gasteiger partial charge on any atom is -0.493 e. The largest absolute Gasteiger partial charge is 0.493 e. The third-order valence-corrected chi connectivity index (χ3v) is 10.6. The topological polar surface area (TPSA) is 51.2 Å². The van der Waals surface area contributed by atoms with Crippen LogP contribution in [0, 0.1) is 0 Å². The van der Waals surface area contributed by atoms with Gasteiger partial charge in [0.1, 0.15) is 18.1 Å². The zero-order chi connectivity index (χ0) is 36.5. The van der Waals surface area contributed by atoms with Gasteiger partial charge in [-0.05, 0) is 50.6 Å². The van der Waals surface area contributed by atoms with Crippen molar-refractivity contribution in [3.63, 3.8) is 0 Å². The molecule has 2 rings (SSSR count). The van der Waals surface area contributed by atoms with Crippen molar-refractivity contribution in [1.29, 1.82) is 0 Å². The average molecular weight is 715 g/mol. The summed E-state index contributed by atoms with van der Waals surface area (Å²) in [6, 6.07) is 6.07. The second-order valence-electron chi connectivity index (χ2n) is 15.6. The van der Waals surface area contributed by atoms with Gasteiger partial charge in [-0.3, -0.25) is 4.79 Å². The molecule has 1 aliphatic heterocycles. The van der Waals surface area contributed by atoms with E-state index in [0.29, 0.717) is 19.6 Å². The van der Waals surface area contributed by atoms with Crippen molar-refractivity contribution < 1.29 is 19.0 Å². The maximum absolute atomic E-state index is 12.6. The van der Waals surface area contributed by atoms with E-state index in [0.717, 1.165) is 69.0 Å². The summed E-state index contributed by atoms with van der Waals surface area (Å²) >= 11 is 0. The van der Waals surface area contributed by atoms with Gasteiger partial charge < -0.3 is 24.0 Å². The summed E-state index contributed by atoms with van der Waals surface area (Å²) in [6.45, 7) is 11.6. The van der Waals surface area contributed by atoms with Crippen LogP contribution >= 0.6 is 0 Å². The summed E-state index contributed by atoms with van der Waals surface area (Å²) in [5.74, 6) is 1.52. The van der Waals surface area contributed by atoms with Crippen LogP contribution in [0.2, 0.25) is 0 Å². The third-order valence-electron chi connectivity index (χ3n) is 10.6. The van der Waals surface area contributed by atoms with Crippen LogP contribution in [0.1, 0.15) is 193 Å².